The zero-order valence-corrected chi connectivity index (χ0v) is 20.3. The van der Waals surface area contributed by atoms with E-state index in [0.717, 1.165) is 31.3 Å². The molecule has 1 N–H and O–H groups in total. The van der Waals surface area contributed by atoms with Crippen LogP contribution in [0.2, 0.25) is 0 Å². The fraction of sp³-hybridized carbons (Fsp3) is 0.345. The third kappa shape index (κ3) is 5.64. The smallest absolute Gasteiger partial charge is 0.365 e. The summed E-state index contributed by atoms with van der Waals surface area (Å²) in [6.45, 7) is 2.87. The largest absolute Gasteiger partial charge is 0.416 e. The normalized spacial score (nSPS) is 19.7. The Bertz CT molecular complexity index is 1250. The van der Waals surface area contributed by atoms with E-state index >= 15 is 0 Å². The summed E-state index contributed by atoms with van der Waals surface area (Å²) < 4.78 is 54.4. The summed E-state index contributed by atoms with van der Waals surface area (Å²) in [5, 5.41) is 2.84. The van der Waals surface area contributed by atoms with E-state index in [1.807, 2.05) is 18.2 Å². The van der Waals surface area contributed by atoms with Crippen LogP contribution >= 0.6 is 0 Å². The van der Waals surface area contributed by atoms with Crippen molar-refractivity contribution in [2.24, 2.45) is 5.92 Å². The number of amides is 1. The lowest BCUT2D eigenvalue weighted by molar-refractivity contribution is -0.137. The average Bonchev–Trinajstić information content (AvgIpc) is 2.90. The first-order chi connectivity index (χ1) is 17.8. The van der Waals surface area contributed by atoms with Gasteiger partial charge in [0.1, 0.15) is 5.82 Å². The van der Waals surface area contributed by atoms with Crippen LogP contribution in [0.3, 0.4) is 0 Å². The van der Waals surface area contributed by atoms with Crippen molar-refractivity contribution in [2.75, 3.05) is 31.1 Å². The van der Waals surface area contributed by atoms with Gasteiger partial charge in [-0.15, -0.1) is 0 Å². The highest BCUT2D eigenvalue weighted by Crippen LogP contribution is 2.39. The average molecular weight is 512 g/mol. The Morgan fingerprint density at radius 3 is 2.49 bits per heavy atom. The SMILES string of the molecule is O=C(NCc1ccccc1F)[C@@H]1Cc2cc(C(F)(F)F)ccc2N2CCN(CCc3ccccc3)C[C@@H]12. The molecule has 4 nitrogen and oxygen atoms in total. The molecule has 3 aromatic carbocycles. The number of rotatable bonds is 6. The van der Waals surface area contributed by atoms with Gasteiger partial charge >= 0.3 is 6.18 Å². The van der Waals surface area contributed by atoms with E-state index in [1.165, 1.54) is 23.8 Å². The van der Waals surface area contributed by atoms with Crippen molar-refractivity contribution in [2.45, 2.75) is 31.6 Å². The lowest BCUT2D eigenvalue weighted by atomic mass is 9.82. The van der Waals surface area contributed by atoms with E-state index in [4.69, 9.17) is 0 Å². The van der Waals surface area contributed by atoms with Gasteiger partial charge in [0.25, 0.3) is 0 Å². The minimum atomic E-state index is -4.45. The summed E-state index contributed by atoms with van der Waals surface area (Å²) in [7, 11) is 0. The van der Waals surface area contributed by atoms with Crippen molar-refractivity contribution in [1.29, 1.82) is 0 Å². The molecule has 2 aliphatic rings. The van der Waals surface area contributed by atoms with Gasteiger partial charge in [0.15, 0.2) is 0 Å². The van der Waals surface area contributed by atoms with Crippen LogP contribution in [0.4, 0.5) is 23.2 Å². The zero-order valence-electron chi connectivity index (χ0n) is 20.3. The molecule has 0 saturated carbocycles. The van der Waals surface area contributed by atoms with Crippen molar-refractivity contribution in [3.05, 3.63) is 101 Å². The first kappa shape index (κ1) is 25.3. The Morgan fingerprint density at radius 1 is 0.973 bits per heavy atom. The molecule has 1 saturated heterocycles. The molecular formula is C29H29F4N3O. The standard InChI is InChI=1S/C29H29F4N3O/c30-25-9-5-4-8-21(25)18-34-28(37)24-17-22-16-23(29(31,32)33)10-11-26(22)36-15-14-35(19-27(24)36)13-12-20-6-2-1-3-7-20/h1-11,16,24,27H,12-15,17-19H2,(H,34,37)/t24-,27+/m1/s1. The lowest BCUT2D eigenvalue weighted by Crippen LogP contribution is -2.61. The van der Waals surface area contributed by atoms with E-state index in [9.17, 15) is 22.4 Å². The molecule has 2 heterocycles. The molecule has 3 aromatic rings. The molecule has 0 unspecified atom stereocenters. The van der Waals surface area contributed by atoms with Gasteiger partial charge in [-0.3, -0.25) is 9.69 Å². The summed E-state index contributed by atoms with van der Waals surface area (Å²) in [5.74, 6) is -1.23. The number of nitrogens with one attached hydrogen (secondary N) is 1. The molecule has 1 fully saturated rings. The van der Waals surface area contributed by atoms with Crippen LogP contribution in [-0.2, 0) is 30.4 Å². The summed E-state index contributed by atoms with van der Waals surface area (Å²) in [5.41, 5.74) is 2.18. The Labute approximate surface area is 213 Å². The van der Waals surface area contributed by atoms with Gasteiger partial charge in [-0.05, 0) is 48.2 Å². The summed E-state index contributed by atoms with van der Waals surface area (Å²) in [4.78, 5) is 17.8. The van der Waals surface area contributed by atoms with Crippen LogP contribution in [-0.4, -0.2) is 43.0 Å². The number of hydrogen-bond donors (Lipinski definition) is 1. The number of hydrogen-bond acceptors (Lipinski definition) is 3. The molecule has 194 valence electrons. The first-order valence-electron chi connectivity index (χ1n) is 12.5. The Morgan fingerprint density at radius 2 is 1.73 bits per heavy atom. The molecule has 1 amide bonds. The van der Waals surface area contributed by atoms with E-state index < -0.39 is 23.5 Å². The first-order valence-corrected chi connectivity index (χ1v) is 12.5. The molecule has 8 heteroatoms. The van der Waals surface area contributed by atoms with Crippen LogP contribution in [0.15, 0.2) is 72.8 Å². The highest BCUT2D eigenvalue weighted by Gasteiger charge is 2.42. The molecular weight excluding hydrogens is 482 g/mol. The van der Waals surface area contributed by atoms with Gasteiger partial charge in [0.05, 0.1) is 17.5 Å². The van der Waals surface area contributed by atoms with E-state index in [0.29, 0.717) is 24.2 Å². The second-order valence-corrected chi connectivity index (χ2v) is 9.76. The molecule has 0 aliphatic carbocycles. The van der Waals surface area contributed by atoms with Crippen molar-refractivity contribution < 1.29 is 22.4 Å². The zero-order chi connectivity index (χ0) is 26.0. The predicted molar refractivity (Wildman–Crippen MR) is 135 cm³/mol. The number of piperazine rings is 1. The van der Waals surface area contributed by atoms with Crippen LogP contribution in [0.5, 0.6) is 0 Å². The number of carbonyl (C=O) groups excluding carboxylic acids is 1. The van der Waals surface area contributed by atoms with Gasteiger partial charge in [0.2, 0.25) is 5.91 Å². The van der Waals surface area contributed by atoms with Crippen molar-refractivity contribution >= 4 is 11.6 Å². The molecule has 2 atom stereocenters. The summed E-state index contributed by atoms with van der Waals surface area (Å²) in [6.07, 6.45) is -3.37. The van der Waals surface area contributed by atoms with Gasteiger partial charge in [-0.1, -0.05) is 48.5 Å². The topological polar surface area (TPSA) is 35.6 Å². The Kier molecular flexibility index (Phi) is 7.20. The fourth-order valence-corrected chi connectivity index (χ4v) is 5.45. The van der Waals surface area contributed by atoms with Crippen molar-refractivity contribution in [1.82, 2.24) is 10.2 Å². The monoisotopic (exact) mass is 511 g/mol. The fourth-order valence-electron chi connectivity index (χ4n) is 5.45. The molecule has 0 spiro atoms. The molecule has 5 rings (SSSR count). The maximum absolute atomic E-state index is 14.1. The second-order valence-electron chi connectivity index (χ2n) is 9.76. The third-order valence-electron chi connectivity index (χ3n) is 7.43. The summed E-state index contributed by atoms with van der Waals surface area (Å²) in [6, 6.07) is 20.1. The second kappa shape index (κ2) is 10.5. The highest BCUT2D eigenvalue weighted by atomic mass is 19.4. The van der Waals surface area contributed by atoms with Crippen LogP contribution < -0.4 is 10.2 Å². The minimum Gasteiger partial charge on any atom is -0.365 e. The minimum absolute atomic E-state index is 0.0297. The number of fused-ring (bicyclic) bond motifs is 3. The van der Waals surface area contributed by atoms with Crippen molar-refractivity contribution in [3.63, 3.8) is 0 Å². The number of carbonyl (C=O) groups is 1. The van der Waals surface area contributed by atoms with Gasteiger partial charge in [0, 0.05) is 44.0 Å². The van der Waals surface area contributed by atoms with Gasteiger partial charge in [-0.2, -0.15) is 13.2 Å². The van der Waals surface area contributed by atoms with E-state index in [-0.39, 0.29) is 24.9 Å². The number of alkyl halides is 3. The molecule has 0 bridgehead atoms. The van der Waals surface area contributed by atoms with Crippen LogP contribution in [0, 0.1) is 11.7 Å². The third-order valence-corrected chi connectivity index (χ3v) is 7.43. The maximum atomic E-state index is 14.1. The quantitative estimate of drug-likeness (QED) is 0.470. The summed E-state index contributed by atoms with van der Waals surface area (Å²) >= 11 is 0. The number of anilines is 1. The van der Waals surface area contributed by atoms with Crippen molar-refractivity contribution in [3.8, 4) is 0 Å². The lowest BCUT2D eigenvalue weighted by Gasteiger charge is -2.49. The van der Waals surface area contributed by atoms with Gasteiger partial charge in [-0.25, -0.2) is 4.39 Å². The van der Waals surface area contributed by atoms with Crippen LogP contribution in [0.25, 0.3) is 0 Å². The molecule has 0 aromatic heterocycles. The van der Waals surface area contributed by atoms with Gasteiger partial charge < -0.3 is 10.2 Å². The molecule has 2 aliphatic heterocycles. The molecule has 0 radical (unpaired) electrons. The number of benzene rings is 3. The molecule has 37 heavy (non-hydrogen) atoms. The van der Waals surface area contributed by atoms with Crippen LogP contribution in [0.1, 0.15) is 22.3 Å². The van der Waals surface area contributed by atoms with E-state index in [2.05, 4.69) is 27.2 Å². The maximum Gasteiger partial charge on any atom is 0.416 e. The number of nitrogens with zero attached hydrogens (tertiary/aromatic N) is 2. The van der Waals surface area contributed by atoms with E-state index in [1.54, 1.807) is 18.2 Å². The number of halogens is 4. The predicted octanol–water partition coefficient (Wildman–Crippen LogP) is 5.07. The highest BCUT2D eigenvalue weighted by molar-refractivity contribution is 5.82. The Hall–Kier alpha value is -3.39. The Balaban J connectivity index is 1.37.